The van der Waals surface area contributed by atoms with E-state index in [1.165, 1.54) is 32.6 Å². The van der Waals surface area contributed by atoms with Crippen molar-refractivity contribution in [3.8, 4) is 23.0 Å². The van der Waals surface area contributed by atoms with Crippen LogP contribution < -0.4 is 24.4 Å². The zero-order chi connectivity index (χ0) is 19.4. The largest absolute Gasteiger partial charge is 0.493 e. The summed E-state index contributed by atoms with van der Waals surface area (Å²) in [6.07, 6.45) is 1.22. The van der Waals surface area contributed by atoms with Gasteiger partial charge in [0.15, 0.2) is 23.0 Å². The normalized spacial score (nSPS) is 12.1. The van der Waals surface area contributed by atoms with E-state index in [1.807, 2.05) is 0 Å². The Hall–Kier alpha value is -3.75. The van der Waals surface area contributed by atoms with Crippen LogP contribution in [0.2, 0.25) is 0 Å². The highest BCUT2D eigenvalue weighted by atomic mass is 16.7. The molecule has 2 aromatic carbocycles. The van der Waals surface area contributed by atoms with Gasteiger partial charge in [0.1, 0.15) is 5.56 Å². The quantitative estimate of drug-likeness (QED) is 0.588. The molecule has 1 heterocycles. The molecular formula is C18H16N2O7. The van der Waals surface area contributed by atoms with Crippen molar-refractivity contribution in [1.82, 2.24) is 5.43 Å². The molecule has 0 saturated heterocycles. The van der Waals surface area contributed by atoms with E-state index in [9.17, 15) is 14.7 Å². The van der Waals surface area contributed by atoms with Crippen LogP contribution in [0, 0.1) is 0 Å². The molecule has 3 rings (SSSR count). The number of hydrogen-bond acceptors (Lipinski definition) is 7. The highest BCUT2D eigenvalue weighted by Gasteiger charge is 2.20. The fraction of sp³-hybridized carbons (Fsp3) is 0.167. The molecule has 9 heteroatoms. The number of carbonyl (C=O) groups is 2. The molecule has 0 saturated carbocycles. The Bertz CT molecular complexity index is 924. The summed E-state index contributed by atoms with van der Waals surface area (Å²) in [4.78, 5) is 23.8. The average molecular weight is 372 g/mol. The first-order chi connectivity index (χ1) is 13.0. The van der Waals surface area contributed by atoms with Crippen LogP contribution in [0.5, 0.6) is 23.0 Å². The van der Waals surface area contributed by atoms with Gasteiger partial charge in [0.25, 0.3) is 5.91 Å². The lowest BCUT2D eigenvalue weighted by Gasteiger charge is -2.12. The molecule has 0 spiro atoms. The van der Waals surface area contributed by atoms with Crippen molar-refractivity contribution in [2.75, 3.05) is 21.0 Å². The number of benzene rings is 2. The Morgan fingerprint density at radius 1 is 1.15 bits per heavy atom. The minimum Gasteiger partial charge on any atom is -0.493 e. The molecule has 1 aliphatic heterocycles. The van der Waals surface area contributed by atoms with Crippen LogP contribution >= 0.6 is 0 Å². The molecule has 9 nitrogen and oxygen atoms in total. The fourth-order valence-corrected chi connectivity index (χ4v) is 2.53. The number of carboxylic acid groups (broad SMARTS) is 1. The van der Waals surface area contributed by atoms with E-state index in [0.717, 1.165) is 0 Å². The first-order valence-electron chi connectivity index (χ1n) is 7.76. The van der Waals surface area contributed by atoms with E-state index in [1.54, 1.807) is 18.2 Å². The highest BCUT2D eigenvalue weighted by Crippen LogP contribution is 2.33. The lowest BCUT2D eigenvalue weighted by atomic mass is 10.1. The van der Waals surface area contributed by atoms with Crippen molar-refractivity contribution in [3.63, 3.8) is 0 Å². The molecule has 27 heavy (non-hydrogen) atoms. The second kappa shape index (κ2) is 7.65. The van der Waals surface area contributed by atoms with Gasteiger partial charge in [-0.25, -0.2) is 10.2 Å². The van der Waals surface area contributed by atoms with Gasteiger partial charge in [0, 0.05) is 11.1 Å². The number of hydrogen-bond donors (Lipinski definition) is 2. The van der Waals surface area contributed by atoms with Gasteiger partial charge in [-0.3, -0.25) is 4.79 Å². The molecule has 1 amide bonds. The standard InChI is InChI=1S/C18H16N2O7/c1-24-13-6-4-11(15(18(22)23)16(13)25-2)8-19-20-17(21)10-3-5-12-14(7-10)27-9-26-12/h3-8H,9H2,1-2H3,(H,20,21)(H,22,23)/b19-8+. The van der Waals surface area contributed by atoms with E-state index in [2.05, 4.69) is 10.5 Å². The minimum absolute atomic E-state index is 0.0658. The summed E-state index contributed by atoms with van der Waals surface area (Å²) in [6, 6.07) is 7.77. The van der Waals surface area contributed by atoms with Crippen LogP contribution in [0.15, 0.2) is 35.4 Å². The number of hydrazone groups is 1. The van der Waals surface area contributed by atoms with Crippen LogP contribution in [0.25, 0.3) is 0 Å². The Labute approximate surface area is 154 Å². The number of amides is 1. The number of carboxylic acids is 1. The lowest BCUT2D eigenvalue weighted by molar-refractivity contribution is 0.0692. The number of methoxy groups -OCH3 is 2. The summed E-state index contributed by atoms with van der Waals surface area (Å²) < 4.78 is 20.6. The zero-order valence-corrected chi connectivity index (χ0v) is 14.5. The maximum Gasteiger partial charge on any atom is 0.340 e. The number of aromatic carboxylic acids is 1. The van der Waals surface area contributed by atoms with Crippen LogP contribution in [-0.4, -0.2) is 44.2 Å². The third-order valence-electron chi connectivity index (χ3n) is 3.80. The summed E-state index contributed by atoms with van der Waals surface area (Å²) >= 11 is 0. The summed E-state index contributed by atoms with van der Waals surface area (Å²) in [5.41, 5.74) is 2.78. The van der Waals surface area contributed by atoms with Crippen LogP contribution in [0.3, 0.4) is 0 Å². The number of ether oxygens (including phenoxy) is 4. The van der Waals surface area contributed by atoms with Gasteiger partial charge in [-0.15, -0.1) is 0 Å². The van der Waals surface area contributed by atoms with Crippen molar-refractivity contribution in [1.29, 1.82) is 0 Å². The zero-order valence-electron chi connectivity index (χ0n) is 14.5. The summed E-state index contributed by atoms with van der Waals surface area (Å²) in [5.74, 6) is -0.324. The van der Waals surface area contributed by atoms with Crippen LogP contribution in [0.4, 0.5) is 0 Å². The van der Waals surface area contributed by atoms with E-state index in [4.69, 9.17) is 18.9 Å². The SMILES string of the molecule is COc1ccc(/C=N/NC(=O)c2ccc3c(c2)OCO3)c(C(=O)O)c1OC. The monoisotopic (exact) mass is 372 g/mol. The first kappa shape index (κ1) is 18.1. The number of carbonyl (C=O) groups excluding carboxylic acids is 1. The number of nitrogens with zero attached hydrogens (tertiary/aromatic N) is 1. The molecule has 2 N–H and O–H groups in total. The molecule has 2 aromatic rings. The van der Waals surface area contributed by atoms with Crippen molar-refractivity contribution in [3.05, 3.63) is 47.0 Å². The van der Waals surface area contributed by atoms with E-state index in [-0.39, 0.29) is 29.4 Å². The van der Waals surface area contributed by atoms with Crippen molar-refractivity contribution < 1.29 is 33.6 Å². The topological polar surface area (TPSA) is 116 Å². The van der Waals surface area contributed by atoms with Crippen molar-refractivity contribution >= 4 is 18.1 Å². The van der Waals surface area contributed by atoms with E-state index < -0.39 is 11.9 Å². The Morgan fingerprint density at radius 2 is 1.93 bits per heavy atom. The third-order valence-corrected chi connectivity index (χ3v) is 3.80. The summed E-state index contributed by atoms with van der Waals surface area (Å²) in [6.45, 7) is 0.107. The molecule has 0 atom stereocenters. The van der Waals surface area contributed by atoms with Gasteiger partial charge < -0.3 is 24.1 Å². The smallest absolute Gasteiger partial charge is 0.340 e. The predicted octanol–water partition coefficient (Wildman–Crippen LogP) is 1.89. The molecular weight excluding hydrogens is 356 g/mol. The molecule has 0 aromatic heterocycles. The van der Waals surface area contributed by atoms with Gasteiger partial charge in [-0.2, -0.15) is 5.10 Å². The molecule has 0 radical (unpaired) electrons. The molecule has 0 aliphatic carbocycles. The minimum atomic E-state index is -1.21. The highest BCUT2D eigenvalue weighted by molar-refractivity contribution is 6.02. The predicted molar refractivity (Wildman–Crippen MR) is 94.1 cm³/mol. The summed E-state index contributed by atoms with van der Waals surface area (Å²) in [5, 5.41) is 13.3. The maximum atomic E-state index is 12.2. The Morgan fingerprint density at radius 3 is 2.63 bits per heavy atom. The number of nitrogens with one attached hydrogen (secondary N) is 1. The van der Waals surface area contributed by atoms with E-state index in [0.29, 0.717) is 17.1 Å². The van der Waals surface area contributed by atoms with Gasteiger partial charge in [0.2, 0.25) is 6.79 Å². The Kier molecular flexibility index (Phi) is 5.11. The average Bonchev–Trinajstić information content (AvgIpc) is 3.14. The van der Waals surface area contributed by atoms with E-state index >= 15 is 0 Å². The van der Waals surface area contributed by atoms with Crippen LogP contribution in [0.1, 0.15) is 26.3 Å². The Balaban J connectivity index is 1.80. The van der Waals surface area contributed by atoms with Crippen LogP contribution in [-0.2, 0) is 0 Å². The number of rotatable bonds is 6. The molecule has 0 unspecified atom stereocenters. The summed E-state index contributed by atoms with van der Waals surface area (Å²) in [7, 11) is 2.75. The van der Waals surface area contributed by atoms with Gasteiger partial charge >= 0.3 is 5.97 Å². The number of fused-ring (bicyclic) bond motifs is 1. The maximum absolute atomic E-state index is 12.2. The van der Waals surface area contributed by atoms with Gasteiger partial charge in [-0.05, 0) is 30.3 Å². The lowest BCUT2D eigenvalue weighted by Crippen LogP contribution is -2.18. The van der Waals surface area contributed by atoms with Gasteiger partial charge in [-0.1, -0.05) is 0 Å². The van der Waals surface area contributed by atoms with Gasteiger partial charge in [0.05, 0.1) is 20.4 Å². The second-order valence-corrected chi connectivity index (χ2v) is 5.34. The first-order valence-corrected chi connectivity index (χ1v) is 7.76. The van der Waals surface area contributed by atoms with Crippen molar-refractivity contribution in [2.45, 2.75) is 0 Å². The fourth-order valence-electron chi connectivity index (χ4n) is 2.53. The third kappa shape index (κ3) is 3.61. The molecule has 0 bridgehead atoms. The molecule has 1 aliphatic rings. The molecule has 140 valence electrons. The molecule has 0 fully saturated rings. The van der Waals surface area contributed by atoms with Crippen molar-refractivity contribution in [2.24, 2.45) is 5.10 Å². The second-order valence-electron chi connectivity index (χ2n) is 5.34.